The number of esters is 2. The van der Waals surface area contributed by atoms with E-state index in [9.17, 15) is 23.2 Å². The highest BCUT2D eigenvalue weighted by Gasteiger charge is 2.21. The van der Waals surface area contributed by atoms with Crippen LogP contribution in [0.3, 0.4) is 0 Å². The zero-order valence-corrected chi connectivity index (χ0v) is 20.4. The third kappa shape index (κ3) is 9.59. The van der Waals surface area contributed by atoms with Crippen molar-refractivity contribution in [2.75, 3.05) is 13.2 Å². The van der Waals surface area contributed by atoms with E-state index in [-0.39, 0.29) is 30.1 Å². The van der Waals surface area contributed by atoms with E-state index in [4.69, 9.17) is 10.5 Å². The number of carbonyl (C=O) groups excluding carboxylic acids is 3. The SMILES string of the molecule is CCOC(=O)C(N)=NNC(=O)Cc1ccccc1F.CCOC(=O)C1=NN=C(Cc2ccccc2F)C1. The number of nitrogens with zero attached hydrogens (tertiary/aromatic N) is 3. The lowest BCUT2D eigenvalue weighted by atomic mass is 10.0. The number of nitrogens with one attached hydrogen (secondary N) is 1. The average molecular weight is 516 g/mol. The van der Waals surface area contributed by atoms with Crippen molar-refractivity contribution in [1.29, 1.82) is 0 Å². The van der Waals surface area contributed by atoms with E-state index in [0.29, 0.717) is 30.7 Å². The first-order valence-electron chi connectivity index (χ1n) is 11.3. The number of halogens is 2. The molecule has 196 valence electrons. The van der Waals surface area contributed by atoms with Gasteiger partial charge in [0.15, 0.2) is 5.71 Å². The van der Waals surface area contributed by atoms with Gasteiger partial charge in [0.1, 0.15) is 11.6 Å². The smallest absolute Gasteiger partial charge is 0.375 e. The van der Waals surface area contributed by atoms with Crippen molar-refractivity contribution in [2.45, 2.75) is 33.1 Å². The van der Waals surface area contributed by atoms with Crippen molar-refractivity contribution >= 4 is 35.1 Å². The fourth-order valence-electron chi connectivity index (χ4n) is 2.91. The van der Waals surface area contributed by atoms with Crippen molar-refractivity contribution in [3.05, 3.63) is 71.3 Å². The molecule has 0 radical (unpaired) electrons. The Balaban J connectivity index is 0.000000260. The van der Waals surface area contributed by atoms with E-state index >= 15 is 0 Å². The molecule has 1 amide bonds. The molecule has 3 rings (SSSR count). The van der Waals surface area contributed by atoms with Crippen molar-refractivity contribution in [1.82, 2.24) is 5.43 Å². The molecule has 0 bridgehead atoms. The Hall–Kier alpha value is -4.48. The summed E-state index contributed by atoms with van der Waals surface area (Å²) in [5.41, 5.74) is 9.04. The van der Waals surface area contributed by atoms with Crippen LogP contribution in [0, 0.1) is 11.6 Å². The van der Waals surface area contributed by atoms with E-state index in [2.05, 4.69) is 25.5 Å². The molecular formula is C25H27F2N5O5. The molecule has 3 N–H and O–H groups in total. The lowest BCUT2D eigenvalue weighted by Gasteiger charge is -2.03. The minimum atomic E-state index is -0.825. The molecule has 2 aromatic rings. The fraction of sp³-hybridized carbons (Fsp3) is 0.280. The fourth-order valence-corrected chi connectivity index (χ4v) is 2.91. The number of nitrogens with two attached hydrogens (primary N) is 1. The van der Waals surface area contributed by atoms with Gasteiger partial charge in [-0.1, -0.05) is 36.4 Å². The van der Waals surface area contributed by atoms with Crippen LogP contribution in [-0.4, -0.2) is 48.3 Å². The van der Waals surface area contributed by atoms with Gasteiger partial charge >= 0.3 is 11.9 Å². The molecule has 0 fully saturated rings. The van der Waals surface area contributed by atoms with Gasteiger partial charge in [0, 0.05) is 12.8 Å². The summed E-state index contributed by atoms with van der Waals surface area (Å²) in [7, 11) is 0. The molecule has 2 aromatic carbocycles. The summed E-state index contributed by atoms with van der Waals surface area (Å²) in [4.78, 5) is 33.9. The molecule has 12 heteroatoms. The first kappa shape index (κ1) is 28.8. The molecule has 0 aliphatic carbocycles. The molecule has 1 aliphatic heterocycles. The predicted octanol–water partition coefficient (Wildman–Crippen LogP) is 2.45. The molecule has 0 saturated heterocycles. The third-order valence-corrected chi connectivity index (χ3v) is 4.64. The van der Waals surface area contributed by atoms with E-state index in [1.165, 1.54) is 24.3 Å². The van der Waals surface area contributed by atoms with Crippen LogP contribution in [0.2, 0.25) is 0 Å². The first-order valence-corrected chi connectivity index (χ1v) is 11.3. The van der Waals surface area contributed by atoms with Crippen molar-refractivity contribution in [2.24, 2.45) is 21.0 Å². The maximum Gasteiger partial charge on any atom is 0.375 e. The number of amides is 1. The average Bonchev–Trinajstić information content (AvgIpc) is 3.35. The van der Waals surface area contributed by atoms with Gasteiger partial charge in [-0.2, -0.15) is 5.10 Å². The summed E-state index contributed by atoms with van der Waals surface area (Å²) < 4.78 is 36.1. The first-order chi connectivity index (χ1) is 17.7. The Bertz CT molecular complexity index is 1210. The summed E-state index contributed by atoms with van der Waals surface area (Å²) in [6, 6.07) is 12.4. The normalized spacial score (nSPS) is 12.5. The van der Waals surface area contributed by atoms with Crippen LogP contribution >= 0.6 is 0 Å². The second kappa shape index (κ2) is 14.8. The molecule has 0 aromatic heterocycles. The zero-order valence-electron chi connectivity index (χ0n) is 20.4. The number of hydrazone groups is 1. The van der Waals surface area contributed by atoms with Crippen molar-refractivity contribution in [3.63, 3.8) is 0 Å². The maximum atomic E-state index is 13.4. The minimum absolute atomic E-state index is 0.151. The highest BCUT2D eigenvalue weighted by Crippen LogP contribution is 2.13. The van der Waals surface area contributed by atoms with Crippen LogP contribution in [0.4, 0.5) is 8.78 Å². The van der Waals surface area contributed by atoms with Gasteiger partial charge in [-0.05, 0) is 37.1 Å². The standard InChI is InChI=1S/C13H13FN2O2.C12H14FN3O3/c1-2-18-13(17)12-8-10(15-16-12)7-9-5-3-4-6-11(9)14;1-2-19-12(18)11(14)16-15-10(17)7-8-5-3-4-6-9(8)13/h3-6H,2,7-8H2,1H3;3-6H,2,7H2,1H3,(H2,14,16)(H,15,17). The molecule has 10 nitrogen and oxygen atoms in total. The number of rotatable bonds is 8. The lowest BCUT2D eigenvalue weighted by Crippen LogP contribution is -2.31. The molecule has 1 heterocycles. The Labute approximate surface area is 212 Å². The second-order valence-electron chi connectivity index (χ2n) is 7.40. The van der Waals surface area contributed by atoms with E-state index in [1.54, 1.807) is 38.1 Å². The van der Waals surface area contributed by atoms with Gasteiger partial charge in [-0.25, -0.2) is 23.8 Å². The molecule has 0 saturated carbocycles. The summed E-state index contributed by atoms with van der Waals surface area (Å²) in [6.45, 7) is 3.80. The van der Waals surface area contributed by atoms with Crippen LogP contribution in [-0.2, 0) is 36.7 Å². The van der Waals surface area contributed by atoms with Gasteiger partial charge in [-0.15, -0.1) is 10.2 Å². The van der Waals surface area contributed by atoms with Crippen LogP contribution in [0.1, 0.15) is 31.4 Å². The van der Waals surface area contributed by atoms with Crippen LogP contribution < -0.4 is 11.2 Å². The third-order valence-electron chi connectivity index (χ3n) is 4.64. The Kier molecular flexibility index (Phi) is 11.5. The summed E-state index contributed by atoms with van der Waals surface area (Å²) in [5.74, 6) is -3.09. The molecular weight excluding hydrogens is 488 g/mol. The topological polar surface area (TPSA) is 145 Å². The molecule has 0 unspecified atom stereocenters. The molecule has 37 heavy (non-hydrogen) atoms. The van der Waals surface area contributed by atoms with E-state index in [0.717, 1.165) is 0 Å². The van der Waals surface area contributed by atoms with Gasteiger partial charge in [0.05, 0.1) is 25.3 Å². The number of hydrogen-bond donors (Lipinski definition) is 2. The minimum Gasteiger partial charge on any atom is -0.461 e. The monoisotopic (exact) mass is 515 g/mol. The maximum absolute atomic E-state index is 13.4. The van der Waals surface area contributed by atoms with Gasteiger partial charge in [0.2, 0.25) is 11.7 Å². The van der Waals surface area contributed by atoms with Crippen molar-refractivity contribution in [3.8, 4) is 0 Å². The Morgan fingerprint density at radius 3 is 2.14 bits per heavy atom. The van der Waals surface area contributed by atoms with E-state index in [1.807, 2.05) is 0 Å². The predicted molar refractivity (Wildman–Crippen MR) is 133 cm³/mol. The Morgan fingerprint density at radius 2 is 1.54 bits per heavy atom. The van der Waals surface area contributed by atoms with E-state index < -0.39 is 29.5 Å². The number of carbonyl (C=O) groups is 3. The zero-order chi connectivity index (χ0) is 27.2. The van der Waals surface area contributed by atoms with Crippen LogP contribution in [0.25, 0.3) is 0 Å². The summed E-state index contributed by atoms with van der Waals surface area (Å²) in [6.07, 6.45) is 0.485. The lowest BCUT2D eigenvalue weighted by molar-refractivity contribution is -0.136. The number of hydrogen-bond acceptors (Lipinski definition) is 8. The summed E-state index contributed by atoms with van der Waals surface area (Å²) in [5, 5.41) is 11.0. The highest BCUT2D eigenvalue weighted by atomic mass is 19.1. The van der Waals surface area contributed by atoms with Gasteiger partial charge < -0.3 is 15.2 Å². The second-order valence-corrected chi connectivity index (χ2v) is 7.40. The highest BCUT2D eigenvalue weighted by molar-refractivity contribution is 6.41. The molecule has 0 spiro atoms. The van der Waals surface area contributed by atoms with Gasteiger partial charge in [-0.3, -0.25) is 4.79 Å². The summed E-state index contributed by atoms with van der Waals surface area (Å²) >= 11 is 0. The van der Waals surface area contributed by atoms with Crippen molar-refractivity contribution < 1.29 is 32.6 Å². The molecule has 1 aliphatic rings. The largest absolute Gasteiger partial charge is 0.461 e. The van der Waals surface area contributed by atoms with Gasteiger partial charge in [0.25, 0.3) is 0 Å². The Morgan fingerprint density at radius 1 is 0.946 bits per heavy atom. The molecule has 0 atom stereocenters. The quantitative estimate of drug-likeness (QED) is 0.239. The number of ether oxygens (including phenoxy) is 2. The van der Waals surface area contributed by atoms with Crippen LogP contribution in [0.5, 0.6) is 0 Å². The van der Waals surface area contributed by atoms with Crippen LogP contribution in [0.15, 0.2) is 63.8 Å². The number of amidine groups is 1. The number of benzene rings is 2.